The molecule has 0 aliphatic rings. The number of nitriles is 1. The van der Waals surface area contributed by atoms with Crippen molar-refractivity contribution in [2.24, 2.45) is 0 Å². The number of fused-ring (bicyclic) bond motifs is 1. The molecule has 1 heterocycles. The molecule has 0 unspecified atom stereocenters. The molecule has 0 amide bonds. The number of rotatable bonds is 2. The first-order valence-corrected chi connectivity index (χ1v) is 6.20. The number of nitrogen functional groups attached to an aromatic ring is 1. The standard InChI is InChI=1S/C16H10FN3O/c17-12-8-13(19)11-5-3-7-20-15(11)16(12)21-14-6-2-1-4-10(14)9-18/h1-8H,19H2. The van der Waals surface area contributed by atoms with Crippen LogP contribution in [0.3, 0.4) is 0 Å². The Morgan fingerprint density at radius 2 is 2.00 bits per heavy atom. The summed E-state index contributed by atoms with van der Waals surface area (Å²) in [7, 11) is 0. The van der Waals surface area contributed by atoms with Gasteiger partial charge in [0.15, 0.2) is 11.6 Å². The fraction of sp³-hybridized carbons (Fsp3) is 0. The minimum atomic E-state index is -0.619. The normalized spacial score (nSPS) is 10.3. The quantitative estimate of drug-likeness (QED) is 0.727. The molecule has 0 aliphatic carbocycles. The zero-order chi connectivity index (χ0) is 14.8. The molecule has 5 heteroatoms. The molecule has 2 N–H and O–H groups in total. The highest BCUT2D eigenvalue weighted by atomic mass is 19.1. The van der Waals surface area contributed by atoms with Gasteiger partial charge in [-0.3, -0.25) is 4.98 Å². The molecule has 0 fully saturated rings. The maximum Gasteiger partial charge on any atom is 0.189 e. The summed E-state index contributed by atoms with van der Waals surface area (Å²) in [5, 5.41) is 9.66. The smallest absolute Gasteiger partial charge is 0.189 e. The van der Waals surface area contributed by atoms with Gasteiger partial charge in [0, 0.05) is 23.3 Å². The van der Waals surface area contributed by atoms with E-state index in [0.717, 1.165) is 0 Å². The van der Waals surface area contributed by atoms with Crippen LogP contribution in [-0.4, -0.2) is 4.98 Å². The molecule has 4 nitrogen and oxygen atoms in total. The van der Waals surface area contributed by atoms with Crippen molar-refractivity contribution < 1.29 is 9.13 Å². The number of nitrogens with zero attached hydrogens (tertiary/aromatic N) is 2. The lowest BCUT2D eigenvalue weighted by atomic mass is 10.1. The molecular formula is C16H10FN3O. The van der Waals surface area contributed by atoms with Crippen LogP contribution in [0.1, 0.15) is 5.56 Å². The molecular weight excluding hydrogens is 269 g/mol. The van der Waals surface area contributed by atoms with E-state index in [9.17, 15) is 4.39 Å². The van der Waals surface area contributed by atoms with Crippen molar-refractivity contribution >= 4 is 16.6 Å². The Hall–Kier alpha value is -3.13. The van der Waals surface area contributed by atoms with Gasteiger partial charge in [-0.15, -0.1) is 0 Å². The molecule has 3 rings (SSSR count). The fourth-order valence-corrected chi connectivity index (χ4v) is 2.07. The van der Waals surface area contributed by atoms with E-state index >= 15 is 0 Å². The summed E-state index contributed by atoms with van der Waals surface area (Å²) in [4.78, 5) is 4.13. The van der Waals surface area contributed by atoms with Crippen molar-refractivity contribution in [3.63, 3.8) is 0 Å². The monoisotopic (exact) mass is 279 g/mol. The van der Waals surface area contributed by atoms with E-state index in [4.69, 9.17) is 15.7 Å². The van der Waals surface area contributed by atoms with Crippen molar-refractivity contribution in [3.05, 3.63) is 60.0 Å². The summed E-state index contributed by atoms with van der Waals surface area (Å²) in [5.41, 5.74) is 6.72. The number of hydrogen-bond acceptors (Lipinski definition) is 4. The second kappa shape index (κ2) is 5.10. The Balaban J connectivity index is 2.20. The average molecular weight is 279 g/mol. The molecule has 1 aromatic heterocycles. The Kier molecular flexibility index (Phi) is 3.13. The third-order valence-corrected chi connectivity index (χ3v) is 3.05. The topological polar surface area (TPSA) is 71.9 Å². The molecule has 0 spiro atoms. The highest BCUT2D eigenvalue weighted by Crippen LogP contribution is 2.35. The van der Waals surface area contributed by atoms with Crippen molar-refractivity contribution in [2.75, 3.05) is 5.73 Å². The summed E-state index contributed by atoms with van der Waals surface area (Å²) in [6.07, 6.45) is 1.53. The second-order valence-electron chi connectivity index (χ2n) is 4.39. The molecule has 102 valence electrons. The van der Waals surface area contributed by atoms with Crippen LogP contribution in [0, 0.1) is 17.1 Å². The van der Waals surface area contributed by atoms with Gasteiger partial charge in [-0.2, -0.15) is 5.26 Å². The molecule has 0 bridgehead atoms. The Morgan fingerprint density at radius 1 is 1.19 bits per heavy atom. The molecule has 21 heavy (non-hydrogen) atoms. The number of halogens is 1. The third-order valence-electron chi connectivity index (χ3n) is 3.05. The van der Waals surface area contributed by atoms with Crippen LogP contribution in [0.2, 0.25) is 0 Å². The lowest BCUT2D eigenvalue weighted by Crippen LogP contribution is -1.97. The molecule has 0 saturated heterocycles. The predicted molar refractivity (Wildman–Crippen MR) is 77.3 cm³/mol. The minimum Gasteiger partial charge on any atom is -0.451 e. The van der Waals surface area contributed by atoms with E-state index in [-0.39, 0.29) is 17.2 Å². The molecule has 3 aromatic rings. The van der Waals surface area contributed by atoms with Crippen LogP contribution >= 0.6 is 0 Å². The summed E-state index contributed by atoms with van der Waals surface area (Å²) >= 11 is 0. The Labute approximate surface area is 120 Å². The molecule has 2 aromatic carbocycles. The predicted octanol–water partition coefficient (Wildman–Crippen LogP) is 3.62. The summed E-state index contributed by atoms with van der Waals surface area (Å²) in [5.74, 6) is -0.385. The van der Waals surface area contributed by atoms with Gasteiger partial charge in [-0.05, 0) is 24.3 Å². The van der Waals surface area contributed by atoms with E-state index in [1.54, 1.807) is 36.4 Å². The number of pyridine rings is 1. The molecule has 0 saturated carbocycles. The van der Waals surface area contributed by atoms with Crippen LogP contribution in [0.15, 0.2) is 48.7 Å². The van der Waals surface area contributed by atoms with E-state index in [0.29, 0.717) is 16.5 Å². The number of anilines is 1. The van der Waals surface area contributed by atoms with E-state index in [2.05, 4.69) is 4.98 Å². The number of nitrogens with two attached hydrogens (primary N) is 1. The zero-order valence-electron chi connectivity index (χ0n) is 10.9. The van der Waals surface area contributed by atoms with Crippen LogP contribution in [-0.2, 0) is 0 Å². The average Bonchev–Trinajstić information content (AvgIpc) is 2.52. The van der Waals surface area contributed by atoms with Crippen LogP contribution in [0.5, 0.6) is 11.5 Å². The minimum absolute atomic E-state index is 0.0394. The highest BCUT2D eigenvalue weighted by molar-refractivity contribution is 5.94. The van der Waals surface area contributed by atoms with Crippen LogP contribution in [0.4, 0.5) is 10.1 Å². The number of para-hydroxylation sites is 1. The molecule has 0 radical (unpaired) electrons. The first-order chi connectivity index (χ1) is 10.2. The number of aromatic nitrogens is 1. The van der Waals surface area contributed by atoms with Crippen molar-refractivity contribution in [3.8, 4) is 17.6 Å². The number of ether oxygens (including phenoxy) is 1. The van der Waals surface area contributed by atoms with Crippen molar-refractivity contribution in [2.45, 2.75) is 0 Å². The number of hydrogen-bond donors (Lipinski definition) is 1. The second-order valence-corrected chi connectivity index (χ2v) is 4.39. The van der Waals surface area contributed by atoms with Crippen molar-refractivity contribution in [1.82, 2.24) is 4.98 Å². The van der Waals surface area contributed by atoms with Gasteiger partial charge < -0.3 is 10.5 Å². The molecule has 0 aliphatic heterocycles. The van der Waals surface area contributed by atoms with Gasteiger partial charge in [-0.1, -0.05) is 12.1 Å². The Morgan fingerprint density at radius 3 is 2.81 bits per heavy atom. The van der Waals surface area contributed by atoms with Gasteiger partial charge >= 0.3 is 0 Å². The van der Waals surface area contributed by atoms with E-state index in [1.807, 2.05) is 6.07 Å². The van der Waals surface area contributed by atoms with E-state index < -0.39 is 5.82 Å². The third kappa shape index (κ3) is 2.23. The first kappa shape index (κ1) is 12.9. The van der Waals surface area contributed by atoms with Crippen molar-refractivity contribution in [1.29, 1.82) is 5.26 Å². The maximum absolute atomic E-state index is 14.2. The van der Waals surface area contributed by atoms with Gasteiger partial charge in [0.1, 0.15) is 17.3 Å². The van der Waals surface area contributed by atoms with Gasteiger partial charge in [-0.25, -0.2) is 4.39 Å². The summed E-state index contributed by atoms with van der Waals surface area (Å²) < 4.78 is 19.8. The van der Waals surface area contributed by atoms with Gasteiger partial charge in [0.25, 0.3) is 0 Å². The summed E-state index contributed by atoms with van der Waals surface area (Å²) in [6.45, 7) is 0. The summed E-state index contributed by atoms with van der Waals surface area (Å²) in [6, 6.07) is 13.3. The Bertz CT molecular complexity index is 871. The number of benzene rings is 2. The first-order valence-electron chi connectivity index (χ1n) is 6.20. The van der Waals surface area contributed by atoms with Gasteiger partial charge in [0.05, 0.1) is 5.56 Å². The fourth-order valence-electron chi connectivity index (χ4n) is 2.07. The van der Waals surface area contributed by atoms with E-state index in [1.165, 1.54) is 12.3 Å². The van der Waals surface area contributed by atoms with Crippen LogP contribution in [0.25, 0.3) is 10.9 Å². The largest absolute Gasteiger partial charge is 0.451 e. The molecule has 0 atom stereocenters. The van der Waals surface area contributed by atoms with Gasteiger partial charge in [0.2, 0.25) is 0 Å². The highest BCUT2D eigenvalue weighted by Gasteiger charge is 2.15. The zero-order valence-corrected chi connectivity index (χ0v) is 10.9. The SMILES string of the molecule is N#Cc1ccccc1Oc1c(F)cc(N)c2cccnc12. The lowest BCUT2D eigenvalue weighted by Gasteiger charge is -2.11. The van der Waals surface area contributed by atoms with Crippen LogP contribution < -0.4 is 10.5 Å². The maximum atomic E-state index is 14.2. The lowest BCUT2D eigenvalue weighted by molar-refractivity contribution is 0.446.